The summed E-state index contributed by atoms with van der Waals surface area (Å²) in [5.41, 5.74) is 2.22. The largest absolute Gasteiger partial charge is 0.543 e. The Kier molecular flexibility index (Phi) is 6.75. The summed E-state index contributed by atoms with van der Waals surface area (Å²) >= 11 is 0. The van der Waals surface area contributed by atoms with Crippen molar-refractivity contribution in [2.45, 2.75) is 0 Å². The molecule has 0 saturated carbocycles. The molecule has 24 heavy (non-hydrogen) atoms. The SMILES string of the molecule is COCCOC(=O)OOOC(=O)c1ccc(-c2ccccc2)cc1. The highest BCUT2D eigenvalue weighted by Gasteiger charge is 2.12. The Hall–Kier alpha value is -2.90. The van der Waals surface area contributed by atoms with Crippen LogP contribution in [0.3, 0.4) is 0 Å². The molecule has 126 valence electrons. The Labute approximate surface area is 138 Å². The normalized spacial score (nSPS) is 10.0. The van der Waals surface area contributed by atoms with Crippen LogP contribution >= 0.6 is 0 Å². The first-order valence-corrected chi connectivity index (χ1v) is 7.07. The van der Waals surface area contributed by atoms with Crippen LogP contribution in [0.1, 0.15) is 10.4 Å². The van der Waals surface area contributed by atoms with Gasteiger partial charge in [-0.2, -0.15) is 0 Å². The molecule has 2 aromatic rings. The molecule has 7 heteroatoms. The molecule has 0 fully saturated rings. The van der Waals surface area contributed by atoms with Gasteiger partial charge in [-0.05, 0) is 23.3 Å². The number of hydrogen-bond acceptors (Lipinski definition) is 7. The fourth-order valence-electron chi connectivity index (χ4n) is 1.79. The van der Waals surface area contributed by atoms with Crippen molar-refractivity contribution in [1.82, 2.24) is 0 Å². The van der Waals surface area contributed by atoms with Crippen molar-refractivity contribution < 1.29 is 33.9 Å². The van der Waals surface area contributed by atoms with Crippen molar-refractivity contribution in [3.63, 3.8) is 0 Å². The highest BCUT2D eigenvalue weighted by molar-refractivity contribution is 5.89. The summed E-state index contributed by atoms with van der Waals surface area (Å²) in [6.45, 7) is 0.205. The lowest BCUT2D eigenvalue weighted by atomic mass is 10.0. The van der Waals surface area contributed by atoms with E-state index in [1.807, 2.05) is 30.3 Å². The van der Waals surface area contributed by atoms with E-state index in [2.05, 4.69) is 24.3 Å². The highest BCUT2D eigenvalue weighted by Crippen LogP contribution is 2.19. The zero-order valence-corrected chi connectivity index (χ0v) is 13.0. The lowest BCUT2D eigenvalue weighted by Crippen LogP contribution is -2.14. The predicted molar refractivity (Wildman–Crippen MR) is 82.7 cm³/mol. The van der Waals surface area contributed by atoms with E-state index in [-0.39, 0.29) is 18.8 Å². The molecule has 7 nitrogen and oxygen atoms in total. The first-order chi connectivity index (χ1) is 11.7. The molecule has 0 bridgehead atoms. The van der Waals surface area contributed by atoms with Crippen LogP contribution in [0.5, 0.6) is 0 Å². The smallest absolute Gasteiger partial charge is 0.430 e. The minimum absolute atomic E-state index is 0.00636. The zero-order chi connectivity index (χ0) is 17.2. The van der Waals surface area contributed by atoms with Crippen LogP contribution in [0.2, 0.25) is 0 Å². The van der Waals surface area contributed by atoms with Crippen LogP contribution < -0.4 is 0 Å². The molecule has 0 atom stereocenters. The first-order valence-electron chi connectivity index (χ1n) is 7.07. The number of ether oxygens (including phenoxy) is 2. The maximum atomic E-state index is 11.7. The van der Waals surface area contributed by atoms with Crippen molar-refractivity contribution in [1.29, 1.82) is 0 Å². The molecule has 0 spiro atoms. The van der Waals surface area contributed by atoms with Gasteiger partial charge in [0.05, 0.1) is 17.2 Å². The molecule has 0 aliphatic carbocycles. The molecule has 0 unspecified atom stereocenters. The second kappa shape index (κ2) is 9.29. The van der Waals surface area contributed by atoms with E-state index in [1.54, 1.807) is 24.3 Å². The minimum Gasteiger partial charge on any atom is -0.430 e. The van der Waals surface area contributed by atoms with Crippen LogP contribution in [-0.4, -0.2) is 32.4 Å². The Morgan fingerprint density at radius 1 is 0.833 bits per heavy atom. The molecule has 0 N–H and O–H groups in total. The fraction of sp³-hybridized carbons (Fsp3) is 0.176. The van der Waals surface area contributed by atoms with E-state index >= 15 is 0 Å². The quantitative estimate of drug-likeness (QED) is 0.333. The van der Waals surface area contributed by atoms with Crippen LogP contribution in [0.4, 0.5) is 4.79 Å². The second-order valence-electron chi connectivity index (χ2n) is 4.56. The lowest BCUT2D eigenvalue weighted by Gasteiger charge is -2.05. The van der Waals surface area contributed by atoms with Gasteiger partial charge in [-0.25, -0.2) is 14.5 Å². The third-order valence-corrected chi connectivity index (χ3v) is 2.95. The van der Waals surface area contributed by atoms with E-state index in [0.29, 0.717) is 0 Å². The number of hydrogen-bond donors (Lipinski definition) is 0. The second-order valence-corrected chi connectivity index (χ2v) is 4.56. The zero-order valence-electron chi connectivity index (χ0n) is 13.0. The molecule has 0 aromatic heterocycles. The van der Waals surface area contributed by atoms with Crippen LogP contribution in [0.25, 0.3) is 11.1 Å². The molecular weight excluding hydrogens is 316 g/mol. The van der Waals surface area contributed by atoms with Crippen molar-refractivity contribution in [2.24, 2.45) is 0 Å². The summed E-state index contributed by atoms with van der Waals surface area (Å²) in [5.74, 6) is -0.806. The Balaban J connectivity index is 1.79. The van der Waals surface area contributed by atoms with Crippen LogP contribution in [0.15, 0.2) is 54.6 Å². The summed E-state index contributed by atoms with van der Waals surface area (Å²) in [6.07, 6.45) is -1.14. The average Bonchev–Trinajstić information content (AvgIpc) is 2.63. The van der Waals surface area contributed by atoms with Gasteiger partial charge in [-0.3, -0.25) is 4.89 Å². The molecule has 2 aromatic carbocycles. The summed E-state index contributed by atoms with van der Waals surface area (Å²) in [7, 11) is 1.45. The number of benzene rings is 2. The summed E-state index contributed by atoms with van der Waals surface area (Å²) in [4.78, 5) is 31.2. The van der Waals surface area contributed by atoms with Gasteiger partial charge in [-0.15, -0.1) is 0 Å². The van der Waals surface area contributed by atoms with Gasteiger partial charge in [0.15, 0.2) is 0 Å². The minimum atomic E-state index is -1.14. The predicted octanol–water partition coefficient (Wildman–Crippen LogP) is 3.16. The Bertz CT molecular complexity index is 652. The van der Waals surface area contributed by atoms with Gasteiger partial charge < -0.3 is 9.47 Å². The number of carbonyl (C=O) groups excluding carboxylic acids is 2. The highest BCUT2D eigenvalue weighted by atomic mass is 17.5. The van der Waals surface area contributed by atoms with E-state index in [0.717, 1.165) is 11.1 Å². The molecule has 2 rings (SSSR count). The molecule has 0 heterocycles. The van der Waals surface area contributed by atoms with Crippen molar-refractivity contribution in [3.8, 4) is 11.1 Å². The van der Waals surface area contributed by atoms with Crippen molar-refractivity contribution in [2.75, 3.05) is 20.3 Å². The van der Waals surface area contributed by atoms with Crippen molar-refractivity contribution in [3.05, 3.63) is 60.2 Å². The molecule has 0 aliphatic rings. The van der Waals surface area contributed by atoms with Gasteiger partial charge in [0.25, 0.3) is 0 Å². The topological polar surface area (TPSA) is 80.3 Å². The van der Waals surface area contributed by atoms with E-state index < -0.39 is 12.1 Å². The lowest BCUT2D eigenvalue weighted by molar-refractivity contribution is -0.452. The summed E-state index contributed by atoms with van der Waals surface area (Å²) < 4.78 is 9.21. The standard InChI is InChI=1S/C17H16O7/c1-20-11-12-21-17(19)23-24-22-16(18)15-9-7-14(8-10-15)13-5-3-2-4-6-13/h2-10H,11-12H2,1H3. The van der Waals surface area contributed by atoms with Gasteiger partial charge in [-0.1, -0.05) is 42.5 Å². The monoisotopic (exact) mass is 332 g/mol. The fourth-order valence-corrected chi connectivity index (χ4v) is 1.79. The third kappa shape index (κ3) is 5.38. The summed E-state index contributed by atoms with van der Waals surface area (Å²) in [5, 5.41) is 4.09. The number of methoxy groups -OCH3 is 1. The van der Waals surface area contributed by atoms with Gasteiger partial charge >= 0.3 is 12.1 Å². The first kappa shape index (κ1) is 17.5. The molecule has 0 radical (unpaired) electrons. The molecule has 0 amide bonds. The molecule has 0 aliphatic heterocycles. The Morgan fingerprint density at radius 3 is 2.17 bits per heavy atom. The maximum absolute atomic E-state index is 11.7. The maximum Gasteiger partial charge on any atom is 0.543 e. The van der Waals surface area contributed by atoms with E-state index in [1.165, 1.54) is 7.11 Å². The van der Waals surface area contributed by atoms with Crippen LogP contribution in [-0.2, 0) is 24.3 Å². The number of rotatable bonds is 7. The van der Waals surface area contributed by atoms with Gasteiger partial charge in [0, 0.05) is 7.11 Å². The summed E-state index contributed by atoms with van der Waals surface area (Å²) in [6, 6.07) is 16.4. The van der Waals surface area contributed by atoms with Gasteiger partial charge in [0.2, 0.25) is 0 Å². The van der Waals surface area contributed by atoms with E-state index in [9.17, 15) is 9.59 Å². The average molecular weight is 332 g/mol. The van der Waals surface area contributed by atoms with Crippen LogP contribution in [0, 0.1) is 0 Å². The molecule has 0 saturated heterocycles. The third-order valence-electron chi connectivity index (χ3n) is 2.95. The van der Waals surface area contributed by atoms with Crippen molar-refractivity contribution >= 4 is 12.1 Å². The van der Waals surface area contributed by atoms with Gasteiger partial charge in [0.1, 0.15) is 6.61 Å². The van der Waals surface area contributed by atoms with E-state index in [4.69, 9.17) is 0 Å². The number of carbonyl (C=O) groups is 2. The Morgan fingerprint density at radius 2 is 1.50 bits per heavy atom. The molecular formula is C17H16O7.